The molecule has 0 aliphatic carbocycles. The van der Waals surface area contributed by atoms with Crippen molar-refractivity contribution in [1.29, 1.82) is 0 Å². The first-order valence-electron chi connectivity index (χ1n) is 9.13. The summed E-state index contributed by atoms with van der Waals surface area (Å²) in [6, 6.07) is 11.6. The third-order valence-electron chi connectivity index (χ3n) is 4.06. The predicted molar refractivity (Wildman–Crippen MR) is 119 cm³/mol. The molecule has 0 saturated heterocycles. The first kappa shape index (κ1) is 23.1. The average molecular weight is 438 g/mol. The number of rotatable bonds is 7. The van der Waals surface area contributed by atoms with Gasteiger partial charge in [-0.05, 0) is 70.4 Å². The van der Waals surface area contributed by atoms with E-state index < -0.39 is 0 Å². The maximum absolute atomic E-state index is 13.5. The normalized spacial score (nSPS) is 11.0. The summed E-state index contributed by atoms with van der Waals surface area (Å²) in [6.07, 6.45) is 0.0706. The van der Waals surface area contributed by atoms with Crippen LogP contribution in [0.2, 0.25) is 0 Å². The minimum absolute atomic E-state index is 0. The Kier molecular flexibility index (Phi) is 7.96. The smallest absolute Gasteiger partial charge is 0.260 e. The van der Waals surface area contributed by atoms with Gasteiger partial charge in [0.25, 0.3) is 5.91 Å². The minimum Gasteiger partial charge on any atom is -0.491 e. The van der Waals surface area contributed by atoms with Crippen molar-refractivity contribution in [1.82, 2.24) is 9.88 Å². The second kappa shape index (κ2) is 10.0. The van der Waals surface area contributed by atoms with E-state index in [0.717, 1.165) is 10.4 Å². The molecule has 0 saturated carbocycles. The zero-order valence-electron chi connectivity index (χ0n) is 16.9. The van der Waals surface area contributed by atoms with Gasteiger partial charge in [-0.25, -0.2) is 9.37 Å². The number of thiazole rings is 1. The van der Waals surface area contributed by atoms with E-state index in [9.17, 15) is 9.18 Å². The van der Waals surface area contributed by atoms with Crippen molar-refractivity contribution in [3.63, 3.8) is 0 Å². The van der Waals surface area contributed by atoms with Crippen LogP contribution in [0.1, 0.15) is 24.2 Å². The lowest BCUT2D eigenvalue weighted by atomic mass is 10.2. The summed E-state index contributed by atoms with van der Waals surface area (Å²) in [5.41, 5.74) is 1.24. The first-order valence-corrected chi connectivity index (χ1v) is 9.94. The highest BCUT2D eigenvalue weighted by atomic mass is 35.5. The van der Waals surface area contributed by atoms with E-state index in [0.29, 0.717) is 29.3 Å². The van der Waals surface area contributed by atoms with E-state index in [1.165, 1.54) is 23.5 Å². The number of halogens is 2. The number of likely N-dealkylation sites (N-methyl/N-ethyl adjacent to an activating group) is 1. The number of ether oxygens (including phenoxy) is 1. The third kappa shape index (κ3) is 5.88. The van der Waals surface area contributed by atoms with Crippen LogP contribution in [-0.2, 0) is 0 Å². The number of fused-ring (bicyclic) bond motifs is 1. The number of amides is 1. The van der Waals surface area contributed by atoms with E-state index >= 15 is 0 Å². The summed E-state index contributed by atoms with van der Waals surface area (Å²) >= 11 is 1.32. The number of hydrogen-bond donors (Lipinski definition) is 0. The van der Waals surface area contributed by atoms with Crippen LogP contribution in [0.3, 0.4) is 0 Å². The van der Waals surface area contributed by atoms with E-state index in [-0.39, 0.29) is 30.2 Å². The molecule has 0 unspecified atom stereocenters. The molecule has 3 rings (SSSR count). The Balaban J connectivity index is 0.00000300. The number of anilines is 1. The Bertz CT molecular complexity index is 960. The molecule has 1 aromatic heterocycles. The lowest BCUT2D eigenvalue weighted by Gasteiger charge is -2.22. The van der Waals surface area contributed by atoms with E-state index in [1.807, 2.05) is 32.8 Å². The van der Waals surface area contributed by atoms with Crippen molar-refractivity contribution in [2.45, 2.75) is 20.0 Å². The molecular formula is C21H25ClFN3O2S. The van der Waals surface area contributed by atoms with Gasteiger partial charge in [0.2, 0.25) is 0 Å². The predicted octanol–water partition coefficient (Wildman–Crippen LogP) is 4.85. The van der Waals surface area contributed by atoms with Crippen molar-refractivity contribution in [3.8, 4) is 5.75 Å². The maximum Gasteiger partial charge on any atom is 0.260 e. The monoisotopic (exact) mass is 437 g/mol. The summed E-state index contributed by atoms with van der Waals surface area (Å²) in [6.45, 7) is 5.08. The molecule has 0 N–H and O–H groups in total. The van der Waals surface area contributed by atoms with Gasteiger partial charge >= 0.3 is 0 Å². The number of carbonyl (C=O) groups excluding carboxylic acids is 1. The quantitative estimate of drug-likeness (QED) is 0.530. The molecule has 0 radical (unpaired) electrons. The van der Waals surface area contributed by atoms with Crippen molar-refractivity contribution in [3.05, 3.63) is 53.8 Å². The van der Waals surface area contributed by atoms with Crippen LogP contribution in [0, 0.1) is 5.82 Å². The number of aromatic nitrogens is 1. The van der Waals surface area contributed by atoms with Crippen LogP contribution in [-0.4, -0.2) is 49.1 Å². The van der Waals surface area contributed by atoms with Crippen molar-refractivity contribution < 1.29 is 13.9 Å². The summed E-state index contributed by atoms with van der Waals surface area (Å²) in [7, 11) is 3.91. The molecule has 0 bridgehead atoms. The number of hydrogen-bond acceptors (Lipinski definition) is 5. The molecule has 0 aliphatic heterocycles. The molecule has 2 aromatic carbocycles. The molecule has 3 aromatic rings. The molecule has 0 aliphatic rings. The van der Waals surface area contributed by atoms with Gasteiger partial charge in [0.1, 0.15) is 11.6 Å². The van der Waals surface area contributed by atoms with Gasteiger partial charge in [0.15, 0.2) is 5.13 Å². The molecule has 1 heterocycles. The number of nitrogens with zero attached hydrogens (tertiary/aromatic N) is 3. The molecule has 5 nitrogen and oxygen atoms in total. The van der Waals surface area contributed by atoms with E-state index in [2.05, 4.69) is 4.98 Å². The van der Waals surface area contributed by atoms with Crippen LogP contribution in [0.5, 0.6) is 5.75 Å². The van der Waals surface area contributed by atoms with Crippen molar-refractivity contribution in [2.24, 2.45) is 0 Å². The standard InChI is InChI=1S/C21H24FN3O2S.ClH/c1-14(2)27-17-8-5-15(6-9-17)20(26)25(12-11-24(3)4)21-23-18-10-7-16(22)13-19(18)28-21;/h5-10,13-14H,11-12H2,1-4H3;1H. The zero-order chi connectivity index (χ0) is 20.3. The van der Waals surface area contributed by atoms with E-state index in [4.69, 9.17) is 4.74 Å². The van der Waals surface area contributed by atoms with Gasteiger partial charge in [0, 0.05) is 18.7 Å². The SMILES string of the molecule is CC(C)Oc1ccc(C(=O)N(CCN(C)C)c2nc3ccc(F)cc3s2)cc1.Cl. The Hall–Kier alpha value is -2.22. The van der Waals surface area contributed by atoms with Crippen LogP contribution >= 0.6 is 23.7 Å². The zero-order valence-corrected chi connectivity index (χ0v) is 18.5. The fourth-order valence-electron chi connectivity index (χ4n) is 2.69. The van der Waals surface area contributed by atoms with Crippen LogP contribution in [0.4, 0.5) is 9.52 Å². The van der Waals surface area contributed by atoms with Gasteiger partial charge in [-0.15, -0.1) is 12.4 Å². The minimum atomic E-state index is -0.311. The largest absolute Gasteiger partial charge is 0.491 e. The molecule has 29 heavy (non-hydrogen) atoms. The highest BCUT2D eigenvalue weighted by molar-refractivity contribution is 7.22. The summed E-state index contributed by atoms with van der Waals surface area (Å²) < 4.78 is 19.9. The number of carbonyl (C=O) groups is 1. The highest BCUT2D eigenvalue weighted by Crippen LogP contribution is 2.30. The lowest BCUT2D eigenvalue weighted by molar-refractivity contribution is 0.0985. The number of benzene rings is 2. The highest BCUT2D eigenvalue weighted by Gasteiger charge is 2.21. The fourth-order valence-corrected chi connectivity index (χ4v) is 3.70. The van der Waals surface area contributed by atoms with Crippen LogP contribution < -0.4 is 9.64 Å². The van der Waals surface area contributed by atoms with Crippen molar-refractivity contribution in [2.75, 3.05) is 32.1 Å². The molecule has 156 valence electrons. The topological polar surface area (TPSA) is 45.7 Å². The third-order valence-corrected chi connectivity index (χ3v) is 5.10. The lowest BCUT2D eigenvalue weighted by Crippen LogP contribution is -2.36. The summed E-state index contributed by atoms with van der Waals surface area (Å²) in [5.74, 6) is 0.272. The Labute approximate surface area is 180 Å². The Morgan fingerprint density at radius 3 is 2.45 bits per heavy atom. The molecule has 0 spiro atoms. The molecule has 8 heteroatoms. The Morgan fingerprint density at radius 1 is 1.14 bits per heavy atom. The fraction of sp³-hybridized carbons (Fsp3) is 0.333. The van der Waals surface area contributed by atoms with Gasteiger partial charge in [-0.3, -0.25) is 9.69 Å². The van der Waals surface area contributed by atoms with Crippen LogP contribution in [0.25, 0.3) is 10.2 Å². The van der Waals surface area contributed by atoms with Gasteiger partial charge < -0.3 is 9.64 Å². The second-order valence-electron chi connectivity index (χ2n) is 7.06. The molecule has 0 fully saturated rings. The first-order chi connectivity index (χ1) is 13.3. The summed E-state index contributed by atoms with van der Waals surface area (Å²) in [5, 5.41) is 0.565. The molecule has 1 amide bonds. The maximum atomic E-state index is 13.5. The Morgan fingerprint density at radius 2 is 1.83 bits per heavy atom. The molecular weight excluding hydrogens is 413 g/mol. The van der Waals surface area contributed by atoms with Crippen molar-refractivity contribution >= 4 is 45.0 Å². The average Bonchev–Trinajstić information content (AvgIpc) is 3.04. The molecule has 0 atom stereocenters. The second-order valence-corrected chi connectivity index (χ2v) is 8.07. The van der Waals surface area contributed by atoms with Gasteiger partial charge in [0.05, 0.1) is 16.3 Å². The summed E-state index contributed by atoms with van der Waals surface area (Å²) in [4.78, 5) is 21.4. The van der Waals surface area contributed by atoms with Gasteiger partial charge in [-0.2, -0.15) is 0 Å². The van der Waals surface area contributed by atoms with Gasteiger partial charge in [-0.1, -0.05) is 11.3 Å². The van der Waals surface area contributed by atoms with Crippen LogP contribution in [0.15, 0.2) is 42.5 Å². The van der Waals surface area contributed by atoms with E-state index in [1.54, 1.807) is 35.2 Å².